The number of fused-ring (bicyclic) bond motifs is 1. The molecule has 0 saturated carbocycles. The van der Waals surface area contributed by atoms with E-state index in [2.05, 4.69) is 15.0 Å². The molecule has 0 spiro atoms. The van der Waals surface area contributed by atoms with Crippen LogP contribution >= 0.6 is 11.6 Å². The standard InChI is InChI=1S/C12H8ClN5O2/c1-7-2-3-8(4-9(7)18(19)20)17-6-16-10-11(13)14-5-15-12(10)17/h2-6H,1H3. The first-order valence-electron chi connectivity index (χ1n) is 5.67. The molecule has 0 aliphatic rings. The highest BCUT2D eigenvalue weighted by atomic mass is 35.5. The van der Waals surface area contributed by atoms with Crippen LogP contribution in [0, 0.1) is 17.0 Å². The molecule has 0 aliphatic carbocycles. The maximum atomic E-state index is 11.0. The van der Waals surface area contributed by atoms with Gasteiger partial charge in [-0.1, -0.05) is 17.7 Å². The number of imidazole rings is 1. The lowest BCUT2D eigenvalue weighted by atomic mass is 10.2. The zero-order valence-corrected chi connectivity index (χ0v) is 11.1. The van der Waals surface area contributed by atoms with Crippen molar-refractivity contribution in [1.82, 2.24) is 19.5 Å². The average molecular weight is 290 g/mol. The van der Waals surface area contributed by atoms with E-state index in [0.717, 1.165) is 0 Å². The summed E-state index contributed by atoms with van der Waals surface area (Å²) in [7, 11) is 0. The predicted octanol–water partition coefficient (Wildman–Crippen LogP) is 2.69. The monoisotopic (exact) mass is 289 g/mol. The number of halogens is 1. The molecular formula is C12H8ClN5O2. The van der Waals surface area contributed by atoms with E-state index in [1.165, 1.54) is 18.7 Å². The first kappa shape index (κ1) is 12.5. The molecule has 100 valence electrons. The number of nitro groups is 1. The fraction of sp³-hybridized carbons (Fsp3) is 0.0833. The Morgan fingerprint density at radius 1 is 1.30 bits per heavy atom. The summed E-state index contributed by atoms with van der Waals surface area (Å²) in [5, 5.41) is 11.2. The van der Waals surface area contributed by atoms with Crippen molar-refractivity contribution < 1.29 is 4.92 Å². The molecule has 0 aliphatic heterocycles. The third-order valence-electron chi connectivity index (χ3n) is 2.96. The molecule has 0 bridgehead atoms. The van der Waals surface area contributed by atoms with E-state index in [1.54, 1.807) is 23.6 Å². The fourth-order valence-electron chi connectivity index (χ4n) is 1.94. The molecule has 2 aromatic heterocycles. The summed E-state index contributed by atoms with van der Waals surface area (Å²) in [5.74, 6) is 0. The summed E-state index contributed by atoms with van der Waals surface area (Å²) in [4.78, 5) is 22.7. The number of nitro benzene ring substituents is 1. The summed E-state index contributed by atoms with van der Waals surface area (Å²) in [6.45, 7) is 1.69. The van der Waals surface area contributed by atoms with Crippen molar-refractivity contribution in [3.8, 4) is 5.69 Å². The number of benzene rings is 1. The molecule has 3 rings (SSSR count). The lowest BCUT2D eigenvalue weighted by molar-refractivity contribution is -0.385. The first-order valence-corrected chi connectivity index (χ1v) is 6.04. The summed E-state index contributed by atoms with van der Waals surface area (Å²) in [5.41, 5.74) is 2.19. The van der Waals surface area contributed by atoms with Gasteiger partial charge in [0.2, 0.25) is 0 Å². The van der Waals surface area contributed by atoms with Gasteiger partial charge in [0, 0.05) is 11.6 Å². The maximum absolute atomic E-state index is 11.0. The van der Waals surface area contributed by atoms with Crippen LogP contribution in [0.3, 0.4) is 0 Å². The molecule has 7 nitrogen and oxygen atoms in total. The Labute approximate surface area is 118 Å². The minimum Gasteiger partial charge on any atom is -0.283 e. The maximum Gasteiger partial charge on any atom is 0.274 e. The summed E-state index contributed by atoms with van der Waals surface area (Å²) < 4.78 is 1.63. The second-order valence-corrected chi connectivity index (χ2v) is 4.54. The lowest BCUT2D eigenvalue weighted by Gasteiger charge is -2.04. The lowest BCUT2D eigenvalue weighted by Crippen LogP contribution is -1.98. The van der Waals surface area contributed by atoms with Gasteiger partial charge in [0.25, 0.3) is 5.69 Å². The molecule has 0 fully saturated rings. The van der Waals surface area contributed by atoms with E-state index < -0.39 is 4.92 Å². The van der Waals surface area contributed by atoms with Crippen LogP contribution in [-0.4, -0.2) is 24.4 Å². The quantitative estimate of drug-likeness (QED) is 0.411. The first-order chi connectivity index (χ1) is 9.58. The van der Waals surface area contributed by atoms with Gasteiger partial charge in [-0.25, -0.2) is 15.0 Å². The minimum absolute atomic E-state index is 0.0458. The van der Waals surface area contributed by atoms with Crippen LogP contribution in [0.25, 0.3) is 16.9 Å². The van der Waals surface area contributed by atoms with Crippen LogP contribution < -0.4 is 0 Å². The van der Waals surface area contributed by atoms with Gasteiger partial charge in [-0.05, 0) is 13.0 Å². The van der Waals surface area contributed by atoms with Gasteiger partial charge < -0.3 is 0 Å². The number of hydrogen-bond acceptors (Lipinski definition) is 5. The molecular weight excluding hydrogens is 282 g/mol. The van der Waals surface area contributed by atoms with Crippen LogP contribution in [0.4, 0.5) is 5.69 Å². The van der Waals surface area contributed by atoms with Gasteiger partial charge in [-0.15, -0.1) is 0 Å². The number of rotatable bonds is 2. The van der Waals surface area contributed by atoms with Gasteiger partial charge >= 0.3 is 0 Å². The van der Waals surface area contributed by atoms with Gasteiger partial charge in [0.05, 0.1) is 10.6 Å². The van der Waals surface area contributed by atoms with Crippen molar-refractivity contribution in [2.75, 3.05) is 0 Å². The van der Waals surface area contributed by atoms with Crippen molar-refractivity contribution in [3.63, 3.8) is 0 Å². The summed E-state index contributed by atoms with van der Waals surface area (Å²) in [6, 6.07) is 4.92. The Hall–Kier alpha value is -2.54. The molecule has 0 unspecified atom stereocenters. The van der Waals surface area contributed by atoms with Crippen molar-refractivity contribution >= 4 is 28.5 Å². The Morgan fingerprint density at radius 2 is 2.10 bits per heavy atom. The molecule has 0 atom stereocenters. The van der Waals surface area contributed by atoms with E-state index in [4.69, 9.17) is 11.6 Å². The number of aryl methyl sites for hydroxylation is 1. The van der Waals surface area contributed by atoms with Gasteiger partial charge in [-0.3, -0.25) is 14.7 Å². The molecule has 0 N–H and O–H groups in total. The third kappa shape index (κ3) is 1.88. The molecule has 3 aromatic rings. The SMILES string of the molecule is Cc1ccc(-n2cnc3c(Cl)ncnc32)cc1[N+](=O)[O-]. The summed E-state index contributed by atoms with van der Waals surface area (Å²) >= 11 is 5.93. The van der Waals surface area contributed by atoms with E-state index in [0.29, 0.717) is 22.4 Å². The van der Waals surface area contributed by atoms with Crippen molar-refractivity contribution in [1.29, 1.82) is 0 Å². The highest BCUT2D eigenvalue weighted by molar-refractivity contribution is 6.33. The van der Waals surface area contributed by atoms with E-state index >= 15 is 0 Å². The smallest absolute Gasteiger partial charge is 0.274 e. The zero-order valence-electron chi connectivity index (χ0n) is 10.3. The van der Waals surface area contributed by atoms with Gasteiger partial charge in [0.1, 0.15) is 18.2 Å². The van der Waals surface area contributed by atoms with Gasteiger partial charge in [-0.2, -0.15) is 0 Å². The van der Waals surface area contributed by atoms with E-state index in [1.807, 2.05) is 0 Å². The molecule has 0 amide bonds. The Morgan fingerprint density at radius 3 is 2.85 bits per heavy atom. The largest absolute Gasteiger partial charge is 0.283 e. The molecule has 20 heavy (non-hydrogen) atoms. The molecule has 2 heterocycles. The van der Waals surface area contributed by atoms with Crippen LogP contribution in [-0.2, 0) is 0 Å². The highest BCUT2D eigenvalue weighted by Gasteiger charge is 2.14. The normalized spacial score (nSPS) is 10.9. The van der Waals surface area contributed by atoms with Crippen molar-refractivity contribution in [2.24, 2.45) is 0 Å². The van der Waals surface area contributed by atoms with Crippen molar-refractivity contribution in [2.45, 2.75) is 6.92 Å². The molecule has 0 saturated heterocycles. The molecule has 8 heteroatoms. The Kier molecular flexibility index (Phi) is 2.83. The Balaban J connectivity index is 2.24. The fourth-order valence-corrected chi connectivity index (χ4v) is 2.12. The van der Waals surface area contributed by atoms with Gasteiger partial charge in [0.15, 0.2) is 10.8 Å². The Bertz CT molecular complexity index is 830. The predicted molar refractivity (Wildman–Crippen MR) is 73.1 cm³/mol. The third-order valence-corrected chi connectivity index (χ3v) is 3.23. The second-order valence-electron chi connectivity index (χ2n) is 4.18. The van der Waals surface area contributed by atoms with E-state index in [9.17, 15) is 10.1 Å². The van der Waals surface area contributed by atoms with Crippen LogP contribution in [0.2, 0.25) is 5.15 Å². The van der Waals surface area contributed by atoms with Crippen LogP contribution in [0.5, 0.6) is 0 Å². The number of nitrogens with zero attached hydrogens (tertiary/aromatic N) is 5. The molecule has 0 radical (unpaired) electrons. The van der Waals surface area contributed by atoms with Crippen molar-refractivity contribution in [3.05, 3.63) is 51.7 Å². The minimum atomic E-state index is -0.417. The van der Waals surface area contributed by atoms with Crippen LogP contribution in [0.1, 0.15) is 5.56 Å². The number of aromatic nitrogens is 4. The topological polar surface area (TPSA) is 86.7 Å². The summed E-state index contributed by atoms with van der Waals surface area (Å²) in [6.07, 6.45) is 2.84. The molecule has 1 aromatic carbocycles. The highest BCUT2D eigenvalue weighted by Crippen LogP contribution is 2.25. The average Bonchev–Trinajstić information content (AvgIpc) is 2.84. The second kappa shape index (κ2) is 4.53. The number of hydrogen-bond donors (Lipinski definition) is 0. The van der Waals surface area contributed by atoms with E-state index in [-0.39, 0.29) is 10.8 Å². The van der Waals surface area contributed by atoms with Crippen LogP contribution in [0.15, 0.2) is 30.9 Å². The zero-order chi connectivity index (χ0) is 14.3.